The van der Waals surface area contributed by atoms with Crippen molar-refractivity contribution in [1.82, 2.24) is 15.1 Å². The van der Waals surface area contributed by atoms with Crippen LogP contribution in [0.1, 0.15) is 34.1 Å². The lowest BCUT2D eigenvalue weighted by molar-refractivity contribution is 0.558. The van der Waals surface area contributed by atoms with E-state index in [-0.39, 0.29) is 0 Å². The van der Waals surface area contributed by atoms with E-state index in [0.717, 1.165) is 12.1 Å². The number of rotatable bonds is 4. The van der Waals surface area contributed by atoms with Crippen LogP contribution < -0.4 is 5.32 Å². The summed E-state index contributed by atoms with van der Waals surface area (Å²) in [7, 11) is 4.04. The van der Waals surface area contributed by atoms with Crippen LogP contribution >= 0.6 is 0 Å². The van der Waals surface area contributed by atoms with Gasteiger partial charge in [0.05, 0.1) is 5.69 Å². The van der Waals surface area contributed by atoms with Crippen molar-refractivity contribution in [1.29, 1.82) is 0 Å². The Morgan fingerprint density at radius 3 is 2.58 bits per heavy atom. The molecule has 0 saturated heterocycles. The molecule has 0 bridgehead atoms. The molecule has 0 aliphatic carbocycles. The molecule has 102 valence electrons. The molecule has 2 aromatic rings. The van der Waals surface area contributed by atoms with Crippen LogP contribution in [0.2, 0.25) is 0 Å². The van der Waals surface area contributed by atoms with Crippen molar-refractivity contribution in [2.45, 2.75) is 33.2 Å². The first-order chi connectivity index (χ1) is 9.02. The first kappa shape index (κ1) is 13.8. The smallest absolute Gasteiger partial charge is 0.0596 e. The minimum Gasteiger partial charge on any atom is -0.313 e. The van der Waals surface area contributed by atoms with Crippen molar-refractivity contribution >= 4 is 0 Å². The van der Waals surface area contributed by atoms with E-state index in [1.165, 1.54) is 22.4 Å². The summed E-state index contributed by atoms with van der Waals surface area (Å²) < 4.78 is 1.98. The Morgan fingerprint density at radius 1 is 1.26 bits per heavy atom. The minimum absolute atomic E-state index is 0.328. The average Bonchev–Trinajstić information content (AvgIpc) is 2.68. The van der Waals surface area contributed by atoms with E-state index in [2.05, 4.69) is 48.5 Å². The molecule has 0 fully saturated rings. The molecule has 0 aliphatic rings. The number of hydrogen-bond acceptors (Lipinski definition) is 2. The lowest BCUT2D eigenvalue weighted by Gasteiger charge is -2.20. The van der Waals surface area contributed by atoms with Gasteiger partial charge in [-0.25, -0.2) is 0 Å². The van der Waals surface area contributed by atoms with Gasteiger partial charge in [0, 0.05) is 25.2 Å². The van der Waals surface area contributed by atoms with E-state index < -0.39 is 0 Å². The molecule has 1 N–H and O–H groups in total. The van der Waals surface area contributed by atoms with Gasteiger partial charge < -0.3 is 5.32 Å². The van der Waals surface area contributed by atoms with Gasteiger partial charge in [-0.05, 0) is 50.6 Å². The van der Waals surface area contributed by atoms with Crippen molar-refractivity contribution in [2.75, 3.05) is 7.05 Å². The fourth-order valence-electron chi connectivity index (χ4n) is 2.58. The third kappa shape index (κ3) is 2.87. The van der Waals surface area contributed by atoms with Crippen LogP contribution in [0.15, 0.2) is 24.3 Å². The molecule has 1 aromatic heterocycles. The molecule has 3 nitrogen and oxygen atoms in total. The summed E-state index contributed by atoms with van der Waals surface area (Å²) in [6.45, 7) is 6.40. The van der Waals surface area contributed by atoms with Crippen molar-refractivity contribution in [3.63, 3.8) is 0 Å². The summed E-state index contributed by atoms with van der Waals surface area (Å²) >= 11 is 0. The lowest BCUT2D eigenvalue weighted by Crippen LogP contribution is -2.21. The maximum atomic E-state index is 4.42. The van der Waals surface area contributed by atoms with Crippen molar-refractivity contribution < 1.29 is 0 Å². The van der Waals surface area contributed by atoms with Crippen LogP contribution in [-0.4, -0.2) is 16.8 Å². The third-order valence-electron chi connectivity index (χ3n) is 3.88. The number of hydrogen-bond donors (Lipinski definition) is 1. The highest BCUT2D eigenvalue weighted by Gasteiger charge is 2.15. The maximum Gasteiger partial charge on any atom is 0.0596 e. The Kier molecular flexibility index (Phi) is 4.05. The Labute approximate surface area is 115 Å². The standard InChI is InChI=1S/C16H23N3/c1-11-7-6-8-15(13(11)3)16(17-4)10-14-9-12(2)18-19(14)5/h6-9,16-17H,10H2,1-5H3. The average molecular weight is 257 g/mol. The van der Waals surface area contributed by atoms with Gasteiger partial charge in [0.2, 0.25) is 0 Å². The van der Waals surface area contributed by atoms with Gasteiger partial charge in [0.1, 0.15) is 0 Å². The molecule has 0 radical (unpaired) electrons. The quantitative estimate of drug-likeness (QED) is 0.912. The molecule has 1 heterocycles. The summed E-state index contributed by atoms with van der Waals surface area (Å²) in [6, 6.07) is 9.01. The lowest BCUT2D eigenvalue weighted by atomic mass is 9.94. The summed E-state index contributed by atoms with van der Waals surface area (Å²) in [5.41, 5.74) is 6.44. The van der Waals surface area contributed by atoms with E-state index in [4.69, 9.17) is 0 Å². The van der Waals surface area contributed by atoms with E-state index in [1.807, 2.05) is 25.7 Å². The monoisotopic (exact) mass is 257 g/mol. The summed E-state index contributed by atoms with van der Waals surface area (Å²) in [5, 5.41) is 7.85. The first-order valence-electron chi connectivity index (χ1n) is 6.75. The predicted octanol–water partition coefficient (Wildman–Crippen LogP) is 2.85. The number of likely N-dealkylation sites (N-methyl/N-ethyl adjacent to an activating group) is 1. The number of nitrogens with one attached hydrogen (secondary N) is 1. The minimum atomic E-state index is 0.328. The highest BCUT2D eigenvalue weighted by atomic mass is 15.3. The molecule has 0 aliphatic heterocycles. The zero-order chi connectivity index (χ0) is 14.0. The van der Waals surface area contributed by atoms with E-state index >= 15 is 0 Å². The normalized spacial score (nSPS) is 12.7. The number of aromatic nitrogens is 2. The van der Waals surface area contributed by atoms with Gasteiger partial charge in [0.25, 0.3) is 0 Å². The SMILES string of the molecule is CNC(Cc1cc(C)nn1C)c1cccc(C)c1C. The topological polar surface area (TPSA) is 29.9 Å². The van der Waals surface area contributed by atoms with Crippen LogP contribution in [0.5, 0.6) is 0 Å². The fraction of sp³-hybridized carbons (Fsp3) is 0.438. The van der Waals surface area contributed by atoms with Crippen molar-refractivity contribution in [3.05, 3.63) is 52.3 Å². The molecule has 0 saturated carbocycles. The maximum absolute atomic E-state index is 4.42. The van der Waals surface area contributed by atoms with Crippen LogP contribution in [0.25, 0.3) is 0 Å². The van der Waals surface area contributed by atoms with Gasteiger partial charge in [0.15, 0.2) is 0 Å². The summed E-state index contributed by atoms with van der Waals surface area (Å²) in [4.78, 5) is 0. The van der Waals surface area contributed by atoms with Crippen LogP contribution in [0.4, 0.5) is 0 Å². The third-order valence-corrected chi connectivity index (χ3v) is 3.88. The zero-order valence-electron chi connectivity index (χ0n) is 12.5. The molecule has 3 heteroatoms. The largest absolute Gasteiger partial charge is 0.313 e. The van der Waals surface area contributed by atoms with E-state index in [9.17, 15) is 0 Å². The van der Waals surface area contributed by atoms with Crippen LogP contribution in [-0.2, 0) is 13.5 Å². The summed E-state index contributed by atoms with van der Waals surface area (Å²) in [6.07, 6.45) is 0.956. The predicted molar refractivity (Wildman–Crippen MR) is 79.4 cm³/mol. The molecule has 1 unspecified atom stereocenters. The molecule has 0 amide bonds. The second kappa shape index (κ2) is 5.57. The molecular weight excluding hydrogens is 234 g/mol. The molecule has 1 aromatic carbocycles. The molecule has 1 atom stereocenters. The Bertz CT molecular complexity index is 569. The van der Waals surface area contributed by atoms with Gasteiger partial charge in [-0.2, -0.15) is 5.10 Å². The highest BCUT2D eigenvalue weighted by molar-refractivity contribution is 5.36. The second-order valence-electron chi connectivity index (χ2n) is 5.24. The van der Waals surface area contributed by atoms with Crippen molar-refractivity contribution in [2.24, 2.45) is 7.05 Å². The van der Waals surface area contributed by atoms with Crippen LogP contribution in [0.3, 0.4) is 0 Å². The van der Waals surface area contributed by atoms with E-state index in [0.29, 0.717) is 6.04 Å². The number of nitrogens with zero attached hydrogens (tertiary/aromatic N) is 2. The second-order valence-corrected chi connectivity index (χ2v) is 5.24. The molecule has 0 spiro atoms. The first-order valence-corrected chi connectivity index (χ1v) is 6.75. The van der Waals surface area contributed by atoms with Gasteiger partial charge >= 0.3 is 0 Å². The van der Waals surface area contributed by atoms with Crippen LogP contribution in [0, 0.1) is 20.8 Å². The Balaban J connectivity index is 2.30. The fourth-order valence-corrected chi connectivity index (χ4v) is 2.58. The Morgan fingerprint density at radius 2 is 2.00 bits per heavy atom. The van der Waals surface area contributed by atoms with E-state index in [1.54, 1.807) is 0 Å². The number of aryl methyl sites for hydroxylation is 3. The molecular formula is C16H23N3. The van der Waals surface area contributed by atoms with Gasteiger partial charge in [-0.1, -0.05) is 18.2 Å². The van der Waals surface area contributed by atoms with Gasteiger partial charge in [-0.15, -0.1) is 0 Å². The highest BCUT2D eigenvalue weighted by Crippen LogP contribution is 2.23. The zero-order valence-corrected chi connectivity index (χ0v) is 12.5. The van der Waals surface area contributed by atoms with Crippen molar-refractivity contribution in [3.8, 4) is 0 Å². The van der Waals surface area contributed by atoms with Gasteiger partial charge in [-0.3, -0.25) is 4.68 Å². The Hall–Kier alpha value is -1.61. The summed E-state index contributed by atoms with van der Waals surface area (Å²) in [5.74, 6) is 0. The molecule has 2 rings (SSSR count). The molecule has 19 heavy (non-hydrogen) atoms. The number of benzene rings is 1.